The van der Waals surface area contributed by atoms with Gasteiger partial charge in [-0.2, -0.15) is 0 Å². The Bertz CT molecular complexity index is 599. The van der Waals surface area contributed by atoms with Gasteiger partial charge in [-0.15, -0.1) is 0 Å². The first kappa shape index (κ1) is 15.1. The highest BCUT2D eigenvalue weighted by Crippen LogP contribution is 2.30. The summed E-state index contributed by atoms with van der Waals surface area (Å²) in [5.74, 6) is -1.68. The van der Waals surface area contributed by atoms with E-state index < -0.39 is 17.7 Å². The van der Waals surface area contributed by atoms with Crippen LogP contribution in [0.2, 0.25) is 0 Å². The third-order valence-corrected chi connectivity index (χ3v) is 3.59. The van der Waals surface area contributed by atoms with Crippen molar-refractivity contribution in [2.75, 3.05) is 6.54 Å². The Balaban J connectivity index is 2.54. The molecule has 0 fully saturated rings. The molecule has 0 aliphatic rings. The Hall–Kier alpha value is -1.33. The number of rotatable bonds is 4. The fourth-order valence-electron chi connectivity index (χ4n) is 2.05. The van der Waals surface area contributed by atoms with Gasteiger partial charge in [0.05, 0.1) is 10.5 Å². The van der Waals surface area contributed by atoms with Gasteiger partial charge in [0.25, 0.3) is 0 Å². The van der Waals surface area contributed by atoms with E-state index in [9.17, 15) is 13.2 Å². The molecule has 0 aromatic heterocycles. The van der Waals surface area contributed by atoms with Crippen molar-refractivity contribution >= 4 is 15.9 Å². The molecular formula is C15H13BrF3N. The summed E-state index contributed by atoms with van der Waals surface area (Å²) in [7, 11) is 0. The Morgan fingerprint density at radius 3 is 2.30 bits per heavy atom. The van der Waals surface area contributed by atoms with Gasteiger partial charge in [-0.1, -0.05) is 19.1 Å². The lowest BCUT2D eigenvalue weighted by atomic mass is 9.97. The minimum absolute atomic E-state index is 0.0761. The molecular weight excluding hydrogens is 331 g/mol. The van der Waals surface area contributed by atoms with Crippen LogP contribution >= 0.6 is 15.9 Å². The largest absolute Gasteiger partial charge is 0.306 e. The second kappa shape index (κ2) is 6.41. The molecule has 1 unspecified atom stereocenters. The fraction of sp³-hybridized carbons (Fsp3) is 0.200. The van der Waals surface area contributed by atoms with Crippen molar-refractivity contribution in [3.63, 3.8) is 0 Å². The zero-order chi connectivity index (χ0) is 14.7. The van der Waals surface area contributed by atoms with Crippen molar-refractivity contribution in [3.8, 4) is 0 Å². The summed E-state index contributed by atoms with van der Waals surface area (Å²) in [5.41, 5.74) is 0.525. The smallest absolute Gasteiger partial charge is 0.145 e. The molecule has 5 heteroatoms. The molecule has 0 aliphatic carbocycles. The molecule has 2 rings (SSSR count). The normalized spacial score (nSPS) is 12.4. The second-order valence-electron chi connectivity index (χ2n) is 4.30. The first-order valence-electron chi connectivity index (χ1n) is 6.16. The highest BCUT2D eigenvalue weighted by atomic mass is 79.9. The summed E-state index contributed by atoms with van der Waals surface area (Å²) in [6.45, 7) is 2.36. The number of benzene rings is 2. The summed E-state index contributed by atoms with van der Waals surface area (Å²) in [5, 5.41) is 3.02. The molecule has 0 radical (unpaired) electrons. The van der Waals surface area contributed by atoms with Crippen LogP contribution in [0.3, 0.4) is 0 Å². The fourth-order valence-corrected chi connectivity index (χ4v) is 2.40. The number of nitrogens with one attached hydrogen (secondary N) is 1. The molecule has 20 heavy (non-hydrogen) atoms. The third kappa shape index (κ3) is 3.04. The molecule has 0 saturated heterocycles. The van der Waals surface area contributed by atoms with Gasteiger partial charge < -0.3 is 5.32 Å². The van der Waals surface area contributed by atoms with Gasteiger partial charge in [0, 0.05) is 5.56 Å². The van der Waals surface area contributed by atoms with Gasteiger partial charge in [-0.05, 0) is 52.3 Å². The van der Waals surface area contributed by atoms with Crippen LogP contribution in [0.1, 0.15) is 24.1 Å². The van der Waals surface area contributed by atoms with Crippen LogP contribution in [0.4, 0.5) is 13.2 Å². The SMILES string of the molecule is CCNC(c1ccc(F)cc1)c1c(F)ccc(Br)c1F. The van der Waals surface area contributed by atoms with Crippen molar-refractivity contribution in [2.45, 2.75) is 13.0 Å². The highest BCUT2D eigenvalue weighted by Gasteiger charge is 2.23. The molecule has 0 saturated carbocycles. The van der Waals surface area contributed by atoms with Crippen LogP contribution in [0, 0.1) is 17.5 Å². The van der Waals surface area contributed by atoms with E-state index in [4.69, 9.17) is 0 Å². The van der Waals surface area contributed by atoms with E-state index >= 15 is 0 Å². The average molecular weight is 344 g/mol. The molecule has 1 N–H and O–H groups in total. The van der Waals surface area contributed by atoms with E-state index in [1.54, 1.807) is 0 Å². The monoisotopic (exact) mass is 343 g/mol. The maximum absolute atomic E-state index is 14.2. The Labute approximate surface area is 123 Å². The van der Waals surface area contributed by atoms with E-state index in [0.29, 0.717) is 12.1 Å². The molecule has 0 spiro atoms. The first-order valence-corrected chi connectivity index (χ1v) is 6.96. The van der Waals surface area contributed by atoms with Crippen LogP contribution in [-0.4, -0.2) is 6.54 Å². The van der Waals surface area contributed by atoms with E-state index in [1.165, 1.54) is 36.4 Å². The summed E-state index contributed by atoms with van der Waals surface area (Å²) >= 11 is 3.05. The Morgan fingerprint density at radius 2 is 1.70 bits per heavy atom. The number of hydrogen-bond acceptors (Lipinski definition) is 1. The minimum Gasteiger partial charge on any atom is -0.306 e. The van der Waals surface area contributed by atoms with E-state index in [2.05, 4.69) is 21.2 Å². The van der Waals surface area contributed by atoms with Gasteiger partial charge >= 0.3 is 0 Å². The standard InChI is InChI=1S/C15H13BrF3N/c1-2-20-15(9-3-5-10(17)6-4-9)13-12(18)8-7-11(16)14(13)19/h3-8,15,20H,2H2,1H3. The maximum atomic E-state index is 14.2. The van der Waals surface area contributed by atoms with E-state index in [0.717, 1.165) is 0 Å². The number of hydrogen-bond donors (Lipinski definition) is 1. The maximum Gasteiger partial charge on any atom is 0.145 e. The molecule has 1 atom stereocenters. The summed E-state index contributed by atoms with van der Waals surface area (Å²) in [4.78, 5) is 0. The predicted octanol–water partition coefficient (Wildman–Crippen LogP) is 4.57. The quantitative estimate of drug-likeness (QED) is 0.802. The van der Waals surface area contributed by atoms with E-state index in [-0.39, 0.29) is 15.9 Å². The van der Waals surface area contributed by atoms with Gasteiger partial charge in [-0.25, -0.2) is 13.2 Å². The molecule has 0 heterocycles. The Kier molecular flexibility index (Phi) is 4.83. The van der Waals surface area contributed by atoms with Crippen molar-refractivity contribution in [3.05, 3.63) is 69.4 Å². The van der Waals surface area contributed by atoms with Crippen molar-refractivity contribution < 1.29 is 13.2 Å². The number of halogens is 4. The lowest BCUT2D eigenvalue weighted by Crippen LogP contribution is -2.24. The van der Waals surface area contributed by atoms with Crippen molar-refractivity contribution in [1.29, 1.82) is 0 Å². The molecule has 1 nitrogen and oxygen atoms in total. The zero-order valence-electron chi connectivity index (χ0n) is 10.8. The predicted molar refractivity (Wildman–Crippen MR) is 76.0 cm³/mol. The second-order valence-corrected chi connectivity index (χ2v) is 5.15. The molecule has 0 bridgehead atoms. The zero-order valence-corrected chi connectivity index (χ0v) is 12.3. The van der Waals surface area contributed by atoms with Gasteiger partial charge in [0.1, 0.15) is 17.5 Å². The summed E-state index contributed by atoms with van der Waals surface area (Å²) in [6.07, 6.45) is 0. The van der Waals surface area contributed by atoms with Crippen LogP contribution < -0.4 is 5.32 Å². The van der Waals surface area contributed by atoms with Gasteiger partial charge in [-0.3, -0.25) is 0 Å². The van der Waals surface area contributed by atoms with Crippen molar-refractivity contribution in [2.24, 2.45) is 0 Å². The minimum atomic E-state index is -0.668. The van der Waals surface area contributed by atoms with Crippen LogP contribution in [-0.2, 0) is 0 Å². The topological polar surface area (TPSA) is 12.0 Å². The lowest BCUT2D eigenvalue weighted by molar-refractivity contribution is 0.507. The molecule has 0 amide bonds. The molecule has 0 aliphatic heterocycles. The van der Waals surface area contributed by atoms with Gasteiger partial charge in [0.15, 0.2) is 0 Å². The first-order chi connectivity index (χ1) is 9.54. The molecule has 2 aromatic rings. The molecule has 106 valence electrons. The summed E-state index contributed by atoms with van der Waals surface area (Å²) in [6, 6.07) is 7.43. The average Bonchev–Trinajstić information content (AvgIpc) is 2.43. The van der Waals surface area contributed by atoms with Gasteiger partial charge in [0.2, 0.25) is 0 Å². The van der Waals surface area contributed by atoms with Crippen LogP contribution in [0.5, 0.6) is 0 Å². The third-order valence-electron chi connectivity index (χ3n) is 2.98. The van der Waals surface area contributed by atoms with E-state index in [1.807, 2.05) is 6.92 Å². The van der Waals surface area contributed by atoms with Crippen molar-refractivity contribution in [1.82, 2.24) is 5.32 Å². The molecule has 2 aromatic carbocycles. The van der Waals surface area contributed by atoms with Crippen LogP contribution in [0.25, 0.3) is 0 Å². The summed E-state index contributed by atoms with van der Waals surface area (Å²) < 4.78 is 41.4. The lowest BCUT2D eigenvalue weighted by Gasteiger charge is -2.20. The van der Waals surface area contributed by atoms with Crippen LogP contribution in [0.15, 0.2) is 40.9 Å². The Morgan fingerprint density at radius 1 is 1.05 bits per heavy atom. The highest BCUT2D eigenvalue weighted by molar-refractivity contribution is 9.10.